The van der Waals surface area contributed by atoms with Crippen LogP contribution in [0.3, 0.4) is 0 Å². The lowest BCUT2D eigenvalue weighted by atomic mass is 9.90. The van der Waals surface area contributed by atoms with Gasteiger partial charge < -0.3 is 4.74 Å². The van der Waals surface area contributed by atoms with Gasteiger partial charge in [0.2, 0.25) is 0 Å². The zero-order valence-electron chi connectivity index (χ0n) is 20.9. The molecule has 3 heteroatoms. The van der Waals surface area contributed by atoms with Crippen LogP contribution in [-0.4, -0.2) is 0 Å². The summed E-state index contributed by atoms with van der Waals surface area (Å²) >= 11 is 3.98. The van der Waals surface area contributed by atoms with Gasteiger partial charge in [0, 0.05) is 19.2 Å². The number of ether oxygens (including phenoxy) is 1. The van der Waals surface area contributed by atoms with Crippen molar-refractivity contribution < 1.29 is 4.74 Å². The first kappa shape index (κ1) is 23.6. The average Bonchev–Trinajstić information content (AvgIpc) is 3.42. The Labute approximate surface area is 218 Å². The molecule has 0 atom stereocenters. The second kappa shape index (κ2) is 11.0. The Morgan fingerprint density at radius 1 is 0.486 bits per heavy atom. The predicted molar refractivity (Wildman–Crippen MR) is 154 cm³/mol. The van der Waals surface area contributed by atoms with E-state index in [-0.39, 0.29) is 0 Å². The molecule has 2 fully saturated rings. The highest BCUT2D eigenvalue weighted by atomic mass is 32.1. The fourth-order valence-electron chi connectivity index (χ4n) is 6.21. The average molecular weight is 503 g/mol. The highest BCUT2D eigenvalue weighted by Gasteiger charge is 2.18. The van der Waals surface area contributed by atoms with Crippen molar-refractivity contribution in [2.75, 3.05) is 0 Å². The lowest BCUT2D eigenvalue weighted by Gasteiger charge is -2.18. The molecule has 184 valence electrons. The van der Waals surface area contributed by atoms with Crippen molar-refractivity contribution in [1.82, 2.24) is 0 Å². The van der Waals surface area contributed by atoms with Crippen molar-refractivity contribution in [2.45, 2.75) is 102 Å². The van der Waals surface area contributed by atoms with Crippen molar-refractivity contribution in [3.05, 3.63) is 58.3 Å². The summed E-state index contributed by atoms with van der Waals surface area (Å²) in [5, 5.41) is 2.74. The van der Waals surface area contributed by atoms with Crippen LogP contribution in [0.1, 0.15) is 111 Å². The highest BCUT2D eigenvalue weighted by molar-refractivity contribution is 7.19. The first-order valence-electron chi connectivity index (χ1n) is 14.1. The topological polar surface area (TPSA) is 9.23 Å². The molecular weight excluding hydrogens is 464 g/mol. The van der Waals surface area contributed by atoms with Crippen LogP contribution in [0.25, 0.3) is 20.2 Å². The summed E-state index contributed by atoms with van der Waals surface area (Å²) in [5.74, 6) is 3.43. The molecule has 0 aliphatic heterocycles. The Morgan fingerprint density at radius 2 is 0.886 bits per heavy atom. The van der Waals surface area contributed by atoms with E-state index in [4.69, 9.17) is 4.74 Å². The first-order valence-corrected chi connectivity index (χ1v) is 15.7. The van der Waals surface area contributed by atoms with Gasteiger partial charge >= 0.3 is 0 Å². The molecule has 1 nitrogen and oxygen atoms in total. The van der Waals surface area contributed by atoms with Crippen LogP contribution in [-0.2, 0) is 0 Å². The summed E-state index contributed by atoms with van der Waals surface area (Å²) < 4.78 is 9.12. The summed E-state index contributed by atoms with van der Waals surface area (Å²) in [5.41, 5.74) is 0. The van der Waals surface area contributed by atoms with Crippen molar-refractivity contribution in [2.24, 2.45) is 0 Å². The first-order chi connectivity index (χ1) is 17.3. The number of thiophene rings is 2. The molecule has 0 spiro atoms. The minimum absolute atomic E-state index is 0.755. The Balaban J connectivity index is 1.19. The summed E-state index contributed by atoms with van der Waals surface area (Å²) in [6.45, 7) is 0. The van der Waals surface area contributed by atoms with E-state index in [1.807, 2.05) is 22.7 Å². The van der Waals surface area contributed by atoms with Gasteiger partial charge in [-0.15, -0.1) is 22.7 Å². The van der Waals surface area contributed by atoms with Crippen LogP contribution < -0.4 is 4.74 Å². The molecule has 0 radical (unpaired) electrons. The fourth-order valence-corrected chi connectivity index (χ4v) is 8.73. The molecule has 2 aliphatic carbocycles. The molecule has 0 N–H and O–H groups in total. The van der Waals surface area contributed by atoms with Crippen LogP contribution in [0.4, 0.5) is 0 Å². The standard InChI is InChI=1S/C32H38OS2/c1-3-7-11-23(12-8-4-1)29-19-25-15-17-27(21-31(25)34-29)33-28-18-16-26-20-30(35-32(26)22-28)24-13-9-5-2-6-10-14-24/h15-24H,1-14H2. The largest absolute Gasteiger partial charge is 0.457 e. The van der Waals surface area contributed by atoms with Gasteiger partial charge in [0.05, 0.1) is 0 Å². The van der Waals surface area contributed by atoms with Crippen LogP contribution in [0.5, 0.6) is 11.5 Å². The van der Waals surface area contributed by atoms with E-state index in [1.165, 1.54) is 110 Å². The van der Waals surface area contributed by atoms with E-state index in [0.29, 0.717) is 0 Å². The Bertz CT molecular complexity index is 1150. The van der Waals surface area contributed by atoms with E-state index in [9.17, 15) is 0 Å². The van der Waals surface area contributed by atoms with Gasteiger partial charge in [-0.1, -0.05) is 64.2 Å². The molecule has 6 rings (SSSR count). The monoisotopic (exact) mass is 502 g/mol. The summed E-state index contributed by atoms with van der Waals surface area (Å²) in [6.07, 6.45) is 19.5. The van der Waals surface area contributed by atoms with Gasteiger partial charge in [-0.3, -0.25) is 0 Å². The molecule has 0 unspecified atom stereocenters. The zero-order valence-corrected chi connectivity index (χ0v) is 22.5. The third-order valence-corrected chi connectivity index (χ3v) is 10.8. The highest BCUT2D eigenvalue weighted by Crippen LogP contribution is 2.41. The van der Waals surface area contributed by atoms with E-state index < -0.39 is 0 Å². The molecular formula is C32H38OS2. The van der Waals surface area contributed by atoms with E-state index >= 15 is 0 Å². The van der Waals surface area contributed by atoms with Gasteiger partial charge in [0.15, 0.2) is 0 Å². The predicted octanol–water partition coefficient (Wildman–Crippen LogP) is 11.6. The number of rotatable bonds is 4. The van der Waals surface area contributed by atoms with E-state index in [2.05, 4.69) is 48.5 Å². The summed E-state index contributed by atoms with van der Waals surface area (Å²) in [7, 11) is 0. The Kier molecular flexibility index (Phi) is 7.44. The molecule has 0 amide bonds. The lowest BCUT2D eigenvalue weighted by Crippen LogP contribution is -2.00. The van der Waals surface area contributed by atoms with Crippen molar-refractivity contribution in [3.8, 4) is 11.5 Å². The quantitative estimate of drug-likeness (QED) is 0.269. The second-order valence-electron chi connectivity index (χ2n) is 10.9. The molecule has 4 aromatic rings. The third kappa shape index (κ3) is 5.62. The summed E-state index contributed by atoms with van der Waals surface area (Å²) in [4.78, 5) is 3.17. The maximum absolute atomic E-state index is 6.39. The molecule has 2 heterocycles. The van der Waals surface area contributed by atoms with Crippen LogP contribution >= 0.6 is 22.7 Å². The minimum atomic E-state index is 0.755. The molecule has 2 aliphatic rings. The molecule has 2 aromatic heterocycles. The smallest absolute Gasteiger partial charge is 0.128 e. The van der Waals surface area contributed by atoms with Crippen molar-refractivity contribution >= 4 is 42.8 Å². The second-order valence-corrected chi connectivity index (χ2v) is 13.1. The lowest BCUT2D eigenvalue weighted by molar-refractivity contribution is 0.460. The van der Waals surface area contributed by atoms with Crippen molar-refractivity contribution in [1.29, 1.82) is 0 Å². The van der Waals surface area contributed by atoms with E-state index in [0.717, 1.165) is 23.3 Å². The molecule has 0 saturated heterocycles. The minimum Gasteiger partial charge on any atom is -0.457 e. The normalized spacial score (nSPS) is 19.3. The molecule has 35 heavy (non-hydrogen) atoms. The van der Waals surface area contributed by atoms with Gasteiger partial charge in [0.25, 0.3) is 0 Å². The number of fused-ring (bicyclic) bond motifs is 2. The van der Waals surface area contributed by atoms with Gasteiger partial charge in [-0.25, -0.2) is 0 Å². The molecule has 0 bridgehead atoms. The van der Waals surface area contributed by atoms with Crippen LogP contribution in [0.15, 0.2) is 48.5 Å². The number of hydrogen-bond donors (Lipinski definition) is 0. The summed E-state index contributed by atoms with van der Waals surface area (Å²) in [6, 6.07) is 18.2. The van der Waals surface area contributed by atoms with Crippen LogP contribution in [0.2, 0.25) is 0 Å². The Hall–Kier alpha value is -1.84. The maximum Gasteiger partial charge on any atom is 0.128 e. The van der Waals surface area contributed by atoms with Gasteiger partial charge in [-0.05, 0) is 96.8 Å². The van der Waals surface area contributed by atoms with E-state index in [1.54, 1.807) is 9.75 Å². The number of benzene rings is 2. The maximum atomic E-state index is 6.39. The fraction of sp³-hybridized carbons (Fsp3) is 0.500. The van der Waals surface area contributed by atoms with Crippen LogP contribution in [0, 0.1) is 0 Å². The number of hydrogen-bond acceptors (Lipinski definition) is 3. The zero-order chi connectivity index (χ0) is 23.5. The molecule has 2 aromatic carbocycles. The Morgan fingerprint density at radius 3 is 1.31 bits per heavy atom. The van der Waals surface area contributed by atoms with Gasteiger partial charge in [0.1, 0.15) is 11.5 Å². The van der Waals surface area contributed by atoms with Gasteiger partial charge in [-0.2, -0.15) is 0 Å². The van der Waals surface area contributed by atoms with Crippen molar-refractivity contribution in [3.63, 3.8) is 0 Å². The SMILES string of the molecule is c1cc2cc(C3CCCCCCC3)sc2cc1Oc1ccc2cc(C3CCCCCCC3)sc2c1. The third-order valence-electron chi connectivity index (χ3n) is 8.27. The molecule has 2 saturated carbocycles.